The zero-order valence-electron chi connectivity index (χ0n) is 10.2. The van der Waals surface area contributed by atoms with E-state index in [-0.39, 0.29) is 0 Å². The van der Waals surface area contributed by atoms with Gasteiger partial charge in [-0.25, -0.2) is 4.79 Å². The minimum Gasteiger partial charge on any atom is -0.429 e. The first-order valence-corrected chi connectivity index (χ1v) is 5.32. The molecule has 1 rings (SSSR count). The molecule has 4 heteroatoms. The lowest BCUT2D eigenvalue weighted by Gasteiger charge is -2.20. The normalized spacial score (nSPS) is 12.6. The van der Waals surface area contributed by atoms with Crippen molar-refractivity contribution in [3.8, 4) is 0 Å². The second-order valence-electron chi connectivity index (χ2n) is 4.55. The average molecular weight is 236 g/mol. The summed E-state index contributed by atoms with van der Waals surface area (Å²) in [6.45, 7) is 5.19. The molecule has 0 aliphatic carbocycles. The topological polar surface area (TPSA) is 52.6 Å². The fraction of sp³-hybridized carbons (Fsp3) is 0.385. The van der Waals surface area contributed by atoms with E-state index in [4.69, 9.17) is 9.47 Å². The van der Waals surface area contributed by atoms with Gasteiger partial charge in [-0.3, -0.25) is 4.79 Å². The van der Waals surface area contributed by atoms with E-state index in [0.717, 1.165) is 0 Å². The van der Waals surface area contributed by atoms with Gasteiger partial charge in [0.2, 0.25) is 0 Å². The van der Waals surface area contributed by atoms with Crippen LogP contribution >= 0.6 is 0 Å². The second kappa shape index (κ2) is 5.48. The molecular formula is C13H16O4. The highest BCUT2D eigenvalue weighted by atomic mass is 16.7. The molecule has 1 unspecified atom stereocenters. The van der Waals surface area contributed by atoms with E-state index in [2.05, 4.69) is 0 Å². The molecule has 17 heavy (non-hydrogen) atoms. The molecule has 0 fully saturated rings. The zero-order chi connectivity index (χ0) is 12.9. The van der Waals surface area contributed by atoms with Gasteiger partial charge in [-0.2, -0.15) is 0 Å². The van der Waals surface area contributed by atoms with Crippen molar-refractivity contribution < 1.29 is 19.1 Å². The monoisotopic (exact) mass is 236 g/mol. The molecule has 0 heterocycles. The fourth-order valence-corrected chi connectivity index (χ4v) is 1.19. The highest BCUT2D eigenvalue weighted by Crippen LogP contribution is 2.17. The quantitative estimate of drug-likeness (QED) is 0.598. The number of benzene rings is 1. The summed E-state index contributed by atoms with van der Waals surface area (Å²) in [4.78, 5) is 22.3. The molecule has 92 valence electrons. The van der Waals surface area contributed by atoms with Gasteiger partial charge in [-0.05, 0) is 26.3 Å². The third kappa shape index (κ3) is 4.68. The van der Waals surface area contributed by atoms with Crippen LogP contribution in [0.2, 0.25) is 0 Å². The molecule has 0 amide bonds. The molecule has 1 aromatic carbocycles. The van der Waals surface area contributed by atoms with Crippen LogP contribution in [0.1, 0.15) is 32.4 Å². The summed E-state index contributed by atoms with van der Waals surface area (Å²) < 4.78 is 9.90. The Labute approximate surface area is 101 Å². The lowest BCUT2D eigenvalue weighted by atomic mass is 10.1. The van der Waals surface area contributed by atoms with Crippen LogP contribution in [0.25, 0.3) is 0 Å². The largest absolute Gasteiger partial charge is 0.509 e. The smallest absolute Gasteiger partial charge is 0.429 e. The number of rotatable bonds is 3. The Kier molecular flexibility index (Phi) is 4.26. The Morgan fingerprint density at radius 3 is 2.29 bits per heavy atom. The lowest BCUT2D eigenvalue weighted by Crippen LogP contribution is -2.25. The van der Waals surface area contributed by atoms with Crippen molar-refractivity contribution in [3.05, 3.63) is 35.9 Å². The molecule has 0 spiro atoms. The van der Waals surface area contributed by atoms with Crippen LogP contribution in [-0.4, -0.2) is 18.0 Å². The molecule has 0 saturated carbocycles. The van der Waals surface area contributed by atoms with E-state index in [9.17, 15) is 9.59 Å². The van der Waals surface area contributed by atoms with Crippen molar-refractivity contribution in [1.82, 2.24) is 0 Å². The van der Waals surface area contributed by atoms with Gasteiger partial charge < -0.3 is 9.47 Å². The first-order valence-electron chi connectivity index (χ1n) is 5.32. The van der Waals surface area contributed by atoms with Gasteiger partial charge in [-0.1, -0.05) is 30.3 Å². The van der Waals surface area contributed by atoms with E-state index >= 15 is 0 Å². The van der Waals surface area contributed by atoms with Crippen molar-refractivity contribution in [2.45, 2.75) is 32.5 Å². The summed E-state index contributed by atoms with van der Waals surface area (Å²) >= 11 is 0. The van der Waals surface area contributed by atoms with E-state index in [1.807, 2.05) is 6.07 Å². The van der Waals surface area contributed by atoms with Crippen molar-refractivity contribution in [1.29, 1.82) is 0 Å². The van der Waals surface area contributed by atoms with Crippen LogP contribution in [0.4, 0.5) is 4.79 Å². The Balaban J connectivity index is 2.66. The average Bonchev–Trinajstić information content (AvgIpc) is 2.24. The Hall–Kier alpha value is -1.84. The van der Waals surface area contributed by atoms with Gasteiger partial charge in [0.05, 0.1) is 0 Å². The maximum atomic E-state index is 11.4. The molecule has 4 nitrogen and oxygen atoms in total. The van der Waals surface area contributed by atoms with Gasteiger partial charge >= 0.3 is 6.16 Å². The lowest BCUT2D eigenvalue weighted by molar-refractivity contribution is -0.118. The Morgan fingerprint density at radius 2 is 1.82 bits per heavy atom. The summed E-state index contributed by atoms with van der Waals surface area (Å²) in [6, 6.07) is 8.78. The van der Waals surface area contributed by atoms with E-state index < -0.39 is 17.9 Å². The summed E-state index contributed by atoms with van der Waals surface area (Å²) in [5, 5.41) is 0. The molecule has 0 aliphatic heterocycles. The summed E-state index contributed by atoms with van der Waals surface area (Å²) in [6.07, 6.45) is -1.20. The predicted molar refractivity (Wildman–Crippen MR) is 62.6 cm³/mol. The number of carbonyl (C=O) groups excluding carboxylic acids is 2. The van der Waals surface area contributed by atoms with Gasteiger partial charge in [0.15, 0.2) is 12.4 Å². The van der Waals surface area contributed by atoms with Gasteiger partial charge in [0, 0.05) is 0 Å². The molecule has 0 aliphatic rings. The van der Waals surface area contributed by atoms with Crippen LogP contribution < -0.4 is 0 Å². The minimum absolute atomic E-state index is 0.569. The molecule has 0 aromatic heterocycles. The second-order valence-corrected chi connectivity index (χ2v) is 4.55. The minimum atomic E-state index is -0.925. The first kappa shape index (κ1) is 13.2. The fourth-order valence-electron chi connectivity index (χ4n) is 1.19. The number of hydrogen-bond acceptors (Lipinski definition) is 4. The first-order chi connectivity index (χ1) is 7.92. The number of hydrogen-bond donors (Lipinski definition) is 0. The van der Waals surface area contributed by atoms with Crippen molar-refractivity contribution in [2.75, 3.05) is 0 Å². The predicted octanol–water partition coefficient (Wildman–Crippen LogP) is 2.88. The Morgan fingerprint density at radius 1 is 1.24 bits per heavy atom. The number of carbonyl (C=O) groups is 2. The number of ether oxygens (including phenoxy) is 2. The summed E-state index contributed by atoms with van der Waals surface area (Å²) in [5.74, 6) is 0. The molecule has 0 saturated heterocycles. The SMILES string of the molecule is CC(C)(C)OC(=O)OC(C=O)c1ccccc1. The summed E-state index contributed by atoms with van der Waals surface area (Å²) in [7, 11) is 0. The maximum absolute atomic E-state index is 11.4. The van der Waals surface area contributed by atoms with Crippen LogP contribution in [-0.2, 0) is 14.3 Å². The van der Waals surface area contributed by atoms with Crippen LogP contribution in [0.15, 0.2) is 30.3 Å². The third-order valence-corrected chi connectivity index (χ3v) is 1.86. The van der Waals surface area contributed by atoms with Gasteiger partial charge in [0.1, 0.15) is 5.60 Å². The molecule has 1 atom stereocenters. The summed E-state index contributed by atoms with van der Waals surface area (Å²) in [5.41, 5.74) is -0.0188. The van der Waals surface area contributed by atoms with E-state index in [1.165, 1.54) is 0 Å². The van der Waals surface area contributed by atoms with Gasteiger partial charge in [0.25, 0.3) is 0 Å². The molecule has 0 N–H and O–H groups in total. The zero-order valence-corrected chi connectivity index (χ0v) is 10.2. The van der Waals surface area contributed by atoms with Crippen LogP contribution in [0.3, 0.4) is 0 Å². The molecule has 0 radical (unpaired) electrons. The van der Waals surface area contributed by atoms with Crippen molar-refractivity contribution in [2.24, 2.45) is 0 Å². The maximum Gasteiger partial charge on any atom is 0.509 e. The standard InChI is InChI=1S/C13H16O4/c1-13(2,3)17-12(15)16-11(9-14)10-7-5-4-6-8-10/h4-9,11H,1-3H3. The molecule has 0 bridgehead atoms. The van der Waals surface area contributed by atoms with Gasteiger partial charge in [-0.15, -0.1) is 0 Å². The highest BCUT2D eigenvalue weighted by Gasteiger charge is 2.21. The van der Waals surface area contributed by atoms with Crippen LogP contribution in [0, 0.1) is 0 Å². The van der Waals surface area contributed by atoms with Crippen LogP contribution in [0.5, 0.6) is 0 Å². The Bertz CT molecular complexity index is 378. The van der Waals surface area contributed by atoms with E-state index in [1.54, 1.807) is 45.0 Å². The third-order valence-electron chi connectivity index (χ3n) is 1.86. The van der Waals surface area contributed by atoms with E-state index in [0.29, 0.717) is 11.8 Å². The molecular weight excluding hydrogens is 220 g/mol. The molecule has 1 aromatic rings. The highest BCUT2D eigenvalue weighted by molar-refractivity contribution is 5.68. The number of aldehydes is 1. The van der Waals surface area contributed by atoms with Crippen molar-refractivity contribution in [3.63, 3.8) is 0 Å². The van der Waals surface area contributed by atoms with Crippen molar-refractivity contribution >= 4 is 12.4 Å².